The van der Waals surface area contributed by atoms with E-state index in [-0.39, 0.29) is 0 Å². The predicted octanol–water partition coefficient (Wildman–Crippen LogP) is 17.6. The quantitative estimate of drug-likeness (QED) is 0.162. The number of nitrogens with zero attached hydrogens (tertiary/aromatic N) is 2. The number of hydrogen-bond acceptors (Lipinski definition) is 3. The van der Waals surface area contributed by atoms with E-state index in [0.717, 1.165) is 71.7 Å². The van der Waals surface area contributed by atoms with Crippen LogP contribution in [0.1, 0.15) is 0 Å². The average Bonchev–Trinajstić information content (AvgIpc) is 3.79. The summed E-state index contributed by atoms with van der Waals surface area (Å²) in [5.74, 6) is 0. The average molecular weight is 851 g/mol. The molecule has 0 aliphatic heterocycles. The van der Waals surface area contributed by atoms with Gasteiger partial charge in [0.2, 0.25) is 0 Å². The normalized spacial score (nSPS) is 11.9. The number of rotatable bonds is 5. The van der Waals surface area contributed by atoms with Gasteiger partial charge in [0.1, 0.15) is 11.2 Å². The molecule has 0 unspecified atom stereocenters. The van der Waals surface area contributed by atoms with Gasteiger partial charge in [-0.15, -0.1) is 0 Å². The highest BCUT2D eigenvalue weighted by molar-refractivity contribution is 6.23. The van der Waals surface area contributed by atoms with Crippen LogP contribution in [-0.4, -0.2) is 9.97 Å². The van der Waals surface area contributed by atoms with Gasteiger partial charge in [0, 0.05) is 32.7 Å². The minimum atomic E-state index is 0.855. The Kier molecular flexibility index (Phi) is 8.28. The Hall–Kier alpha value is -8.92. The van der Waals surface area contributed by atoms with E-state index in [9.17, 15) is 0 Å². The lowest BCUT2D eigenvalue weighted by Gasteiger charge is -2.16. The van der Waals surface area contributed by atoms with Crippen molar-refractivity contribution >= 4 is 86.8 Å². The first-order chi connectivity index (χ1) is 33.2. The monoisotopic (exact) mass is 850 g/mol. The third-order valence-corrected chi connectivity index (χ3v) is 13.9. The first-order valence-electron chi connectivity index (χ1n) is 22.9. The summed E-state index contributed by atoms with van der Waals surface area (Å²) in [6.07, 6.45) is 1.93. The summed E-state index contributed by atoms with van der Waals surface area (Å²) in [5, 5.41) is 14.1. The summed E-state index contributed by atoms with van der Waals surface area (Å²) >= 11 is 0. The van der Waals surface area contributed by atoms with Crippen molar-refractivity contribution in [2.45, 2.75) is 0 Å². The fourth-order valence-corrected chi connectivity index (χ4v) is 10.9. The number of fused-ring (bicyclic) bond motifs is 12. The Morgan fingerprint density at radius 3 is 1.22 bits per heavy atom. The zero-order valence-corrected chi connectivity index (χ0v) is 36.2. The summed E-state index contributed by atoms with van der Waals surface area (Å²) in [4.78, 5) is 10.4. The molecular formula is C64H38N2O. The van der Waals surface area contributed by atoms with Crippen LogP contribution in [0.15, 0.2) is 235 Å². The summed E-state index contributed by atoms with van der Waals surface area (Å²) in [5.41, 5.74) is 15.0. The molecule has 0 radical (unpaired) electrons. The van der Waals surface area contributed by atoms with E-state index in [4.69, 9.17) is 14.4 Å². The van der Waals surface area contributed by atoms with Gasteiger partial charge in [-0.2, -0.15) is 0 Å². The van der Waals surface area contributed by atoms with Crippen LogP contribution >= 0.6 is 0 Å². The van der Waals surface area contributed by atoms with E-state index in [1.54, 1.807) is 0 Å². The summed E-state index contributed by atoms with van der Waals surface area (Å²) in [6, 6.07) is 80.9. The highest BCUT2D eigenvalue weighted by Crippen LogP contribution is 2.44. The topological polar surface area (TPSA) is 38.9 Å². The van der Waals surface area contributed by atoms with Crippen molar-refractivity contribution in [1.82, 2.24) is 9.97 Å². The van der Waals surface area contributed by atoms with Crippen molar-refractivity contribution in [3.05, 3.63) is 231 Å². The third-order valence-electron chi connectivity index (χ3n) is 13.9. The molecule has 67 heavy (non-hydrogen) atoms. The molecule has 0 saturated heterocycles. The highest BCUT2D eigenvalue weighted by atomic mass is 16.3. The maximum Gasteiger partial charge on any atom is 0.143 e. The molecule has 0 N–H and O–H groups in total. The Balaban J connectivity index is 0.876. The standard InChI is InChI=1S/C64H38N2O/c1-3-20-56-52(17-1)53-18-2-4-21-57(53)63-62(56)65-38-60(66-63)40-16-7-15-39(37-40)41-22-8-24-43-42(41)23-9-25-44(43)45-26-10-28-47-46(45)27-11-29-48(47)49-30-12-32-51-50(49)31-13-33-54(51)58-34-14-35-59-55-19-5-6-36-61(55)67-64(58)59/h1-38H. The van der Waals surface area contributed by atoms with Gasteiger partial charge in [-0.1, -0.05) is 212 Å². The van der Waals surface area contributed by atoms with Gasteiger partial charge < -0.3 is 4.42 Å². The van der Waals surface area contributed by atoms with Gasteiger partial charge >= 0.3 is 0 Å². The van der Waals surface area contributed by atoms with Crippen LogP contribution in [0.25, 0.3) is 143 Å². The highest BCUT2D eigenvalue weighted by Gasteiger charge is 2.18. The first-order valence-corrected chi connectivity index (χ1v) is 22.9. The van der Waals surface area contributed by atoms with Crippen molar-refractivity contribution in [3.8, 4) is 55.8 Å². The SMILES string of the molecule is c1cc(-c2cnc3c4ccccc4c4ccccc4c3n2)cc(-c2cccc3c(-c4cccc5c(-c6cccc7c(-c8cccc9c8oc8ccccc89)cccc67)cccc45)cccc23)c1. The fourth-order valence-electron chi connectivity index (χ4n) is 10.9. The molecule has 3 nitrogen and oxygen atoms in total. The zero-order chi connectivity index (χ0) is 44.0. The van der Waals surface area contributed by atoms with Crippen molar-refractivity contribution in [2.75, 3.05) is 0 Å². The Bertz CT molecular complexity index is 4320. The van der Waals surface area contributed by atoms with Gasteiger partial charge in [0.25, 0.3) is 0 Å². The van der Waals surface area contributed by atoms with Gasteiger partial charge in [-0.3, -0.25) is 4.98 Å². The smallest absolute Gasteiger partial charge is 0.143 e. The maximum absolute atomic E-state index is 6.53. The summed E-state index contributed by atoms with van der Waals surface area (Å²) in [7, 11) is 0. The van der Waals surface area contributed by atoms with E-state index in [1.165, 1.54) is 70.9 Å². The minimum Gasteiger partial charge on any atom is -0.455 e. The fraction of sp³-hybridized carbons (Fsp3) is 0. The summed E-state index contributed by atoms with van der Waals surface area (Å²) in [6.45, 7) is 0. The van der Waals surface area contributed by atoms with Crippen molar-refractivity contribution < 1.29 is 4.42 Å². The molecule has 0 fully saturated rings. The molecule has 310 valence electrons. The van der Waals surface area contributed by atoms with Crippen molar-refractivity contribution in [2.24, 2.45) is 0 Å². The predicted molar refractivity (Wildman–Crippen MR) is 282 cm³/mol. The molecular weight excluding hydrogens is 813 g/mol. The maximum atomic E-state index is 6.53. The van der Waals surface area contributed by atoms with E-state index < -0.39 is 0 Å². The van der Waals surface area contributed by atoms with Crippen LogP contribution < -0.4 is 0 Å². The molecule has 0 spiro atoms. The molecule has 0 atom stereocenters. The van der Waals surface area contributed by atoms with Gasteiger partial charge in [0.05, 0.1) is 22.9 Å². The Morgan fingerprint density at radius 1 is 0.269 bits per heavy atom. The second-order valence-corrected chi connectivity index (χ2v) is 17.5. The summed E-state index contributed by atoms with van der Waals surface area (Å²) < 4.78 is 6.53. The number of hydrogen-bond donors (Lipinski definition) is 0. The van der Waals surface area contributed by atoms with E-state index in [1.807, 2.05) is 12.3 Å². The molecule has 14 rings (SSSR count). The second-order valence-electron chi connectivity index (χ2n) is 17.5. The second kappa shape index (κ2) is 14.8. The molecule has 2 heterocycles. The van der Waals surface area contributed by atoms with E-state index >= 15 is 0 Å². The van der Waals surface area contributed by atoms with Gasteiger partial charge in [-0.25, -0.2) is 4.98 Å². The van der Waals surface area contributed by atoms with Crippen LogP contribution in [0.5, 0.6) is 0 Å². The molecule has 3 heteroatoms. The molecule has 0 bridgehead atoms. The van der Waals surface area contributed by atoms with Crippen molar-refractivity contribution in [3.63, 3.8) is 0 Å². The van der Waals surface area contributed by atoms with E-state index in [0.29, 0.717) is 0 Å². The van der Waals surface area contributed by atoms with Crippen LogP contribution in [-0.2, 0) is 0 Å². The van der Waals surface area contributed by atoms with Crippen molar-refractivity contribution in [1.29, 1.82) is 0 Å². The largest absolute Gasteiger partial charge is 0.455 e. The zero-order valence-electron chi connectivity index (χ0n) is 36.2. The molecule has 0 saturated carbocycles. The molecule has 2 aromatic heterocycles. The van der Waals surface area contributed by atoms with Crippen LogP contribution in [0.4, 0.5) is 0 Å². The lowest BCUT2D eigenvalue weighted by atomic mass is 9.87. The van der Waals surface area contributed by atoms with Crippen LogP contribution in [0.2, 0.25) is 0 Å². The third kappa shape index (κ3) is 5.78. The number of aromatic nitrogens is 2. The number of furan rings is 1. The van der Waals surface area contributed by atoms with E-state index in [2.05, 4.69) is 218 Å². The van der Waals surface area contributed by atoms with Gasteiger partial charge in [-0.05, 0) is 94.2 Å². The van der Waals surface area contributed by atoms with Gasteiger partial charge in [0.15, 0.2) is 0 Å². The van der Waals surface area contributed by atoms with Crippen LogP contribution in [0.3, 0.4) is 0 Å². The number of para-hydroxylation sites is 2. The lowest BCUT2D eigenvalue weighted by molar-refractivity contribution is 0.670. The molecule has 14 aromatic rings. The number of benzene rings is 12. The van der Waals surface area contributed by atoms with Crippen LogP contribution in [0, 0.1) is 0 Å². The molecule has 0 amide bonds. The molecule has 0 aliphatic carbocycles. The molecule has 0 aliphatic rings. The first kappa shape index (κ1) is 37.5. The Morgan fingerprint density at radius 2 is 0.657 bits per heavy atom. The molecule has 12 aromatic carbocycles. The lowest BCUT2D eigenvalue weighted by Crippen LogP contribution is -1.92. The minimum absolute atomic E-state index is 0.855. The Labute approximate surface area is 385 Å².